The number of carbonyl (C=O) groups excluding carboxylic acids is 1. The first-order chi connectivity index (χ1) is 9.90. The van der Waals surface area contributed by atoms with Crippen LogP contribution in [-0.4, -0.2) is 39.0 Å². The number of rotatable bonds is 9. The van der Waals surface area contributed by atoms with E-state index in [9.17, 15) is 9.90 Å². The van der Waals surface area contributed by atoms with E-state index in [4.69, 9.17) is 5.11 Å². The maximum Gasteiger partial charge on any atom is 0.249 e. The molecular weight excluding hydrogens is 270 g/mol. The second-order valence-corrected chi connectivity index (χ2v) is 6.11. The maximum absolute atomic E-state index is 11.8. The van der Waals surface area contributed by atoms with E-state index in [2.05, 4.69) is 22.4 Å². The number of aryl methyl sites for hydroxylation is 1. The number of aliphatic hydroxyl groups is 2. The average Bonchev–Trinajstić information content (AvgIpc) is 2.92. The van der Waals surface area contributed by atoms with Crippen molar-refractivity contribution in [3.8, 4) is 0 Å². The number of aromatic nitrogens is 2. The summed E-state index contributed by atoms with van der Waals surface area (Å²) in [6.45, 7) is 5.47. The van der Waals surface area contributed by atoms with Crippen molar-refractivity contribution in [1.29, 1.82) is 0 Å². The Morgan fingerprint density at radius 3 is 2.81 bits per heavy atom. The highest BCUT2D eigenvalue weighted by molar-refractivity contribution is 5.81. The monoisotopic (exact) mass is 297 g/mol. The molecule has 0 saturated heterocycles. The van der Waals surface area contributed by atoms with E-state index in [-0.39, 0.29) is 13.2 Å². The topological polar surface area (TPSA) is 98.2 Å². The van der Waals surface area contributed by atoms with Crippen molar-refractivity contribution in [2.45, 2.75) is 59.1 Å². The summed E-state index contributed by atoms with van der Waals surface area (Å²) in [4.78, 5) is 11.8. The van der Waals surface area contributed by atoms with Crippen LogP contribution in [0.2, 0.25) is 0 Å². The molecule has 1 atom stereocenters. The largest absolute Gasteiger partial charge is 0.396 e. The fourth-order valence-corrected chi connectivity index (χ4v) is 1.90. The van der Waals surface area contributed by atoms with Gasteiger partial charge in [-0.15, -0.1) is 0 Å². The van der Waals surface area contributed by atoms with Crippen LogP contribution in [0.25, 0.3) is 0 Å². The van der Waals surface area contributed by atoms with Crippen molar-refractivity contribution in [2.75, 3.05) is 6.61 Å². The minimum atomic E-state index is -1.24. The molecule has 0 unspecified atom stereocenters. The molecule has 0 bridgehead atoms. The number of carbonyl (C=O) groups is 1. The predicted octanol–water partition coefficient (Wildman–Crippen LogP) is 1.14. The summed E-state index contributed by atoms with van der Waals surface area (Å²) in [5, 5.41) is 28.8. The van der Waals surface area contributed by atoms with Gasteiger partial charge in [0.05, 0.1) is 24.5 Å². The SMILES string of the molecule is CCCCCc1cc(CNC(=O)[C@H](O)C(C)(C)CO)[nH]n1. The predicted molar refractivity (Wildman–Crippen MR) is 80.5 cm³/mol. The molecule has 0 radical (unpaired) electrons. The first kappa shape index (κ1) is 17.7. The van der Waals surface area contributed by atoms with Gasteiger partial charge in [0.1, 0.15) is 6.10 Å². The molecule has 120 valence electrons. The molecule has 0 aliphatic rings. The van der Waals surface area contributed by atoms with E-state index >= 15 is 0 Å². The summed E-state index contributed by atoms with van der Waals surface area (Å²) in [6.07, 6.45) is 3.15. The zero-order valence-electron chi connectivity index (χ0n) is 13.1. The second-order valence-electron chi connectivity index (χ2n) is 6.11. The second kappa shape index (κ2) is 8.14. The van der Waals surface area contributed by atoms with Crippen molar-refractivity contribution < 1.29 is 15.0 Å². The molecule has 1 rings (SSSR count). The third-order valence-electron chi connectivity index (χ3n) is 3.57. The minimum absolute atomic E-state index is 0.257. The number of amides is 1. The van der Waals surface area contributed by atoms with Crippen LogP contribution in [0, 0.1) is 5.41 Å². The Labute approximate surface area is 126 Å². The molecular formula is C15H27N3O3. The highest BCUT2D eigenvalue weighted by Crippen LogP contribution is 2.19. The summed E-state index contributed by atoms with van der Waals surface area (Å²) in [5.74, 6) is -0.490. The molecule has 0 spiro atoms. The summed E-state index contributed by atoms with van der Waals surface area (Å²) in [6, 6.07) is 1.93. The lowest BCUT2D eigenvalue weighted by molar-refractivity contribution is -0.137. The average molecular weight is 297 g/mol. The van der Waals surface area contributed by atoms with Gasteiger partial charge < -0.3 is 15.5 Å². The molecule has 1 amide bonds. The Morgan fingerprint density at radius 2 is 2.19 bits per heavy atom. The van der Waals surface area contributed by atoms with Gasteiger partial charge in [-0.25, -0.2) is 0 Å². The maximum atomic E-state index is 11.8. The van der Waals surface area contributed by atoms with Crippen LogP contribution in [-0.2, 0) is 17.8 Å². The van der Waals surface area contributed by atoms with Crippen LogP contribution in [0.5, 0.6) is 0 Å². The smallest absolute Gasteiger partial charge is 0.249 e. The van der Waals surface area contributed by atoms with Gasteiger partial charge in [-0.1, -0.05) is 33.6 Å². The van der Waals surface area contributed by atoms with Gasteiger partial charge in [0.2, 0.25) is 5.91 Å². The molecule has 6 nitrogen and oxygen atoms in total. The molecule has 0 aliphatic carbocycles. The molecule has 4 N–H and O–H groups in total. The fourth-order valence-electron chi connectivity index (χ4n) is 1.90. The zero-order valence-corrected chi connectivity index (χ0v) is 13.1. The molecule has 0 saturated carbocycles. The van der Waals surface area contributed by atoms with E-state index in [0.29, 0.717) is 0 Å². The fraction of sp³-hybridized carbons (Fsp3) is 0.733. The molecule has 0 fully saturated rings. The van der Waals surface area contributed by atoms with E-state index in [0.717, 1.165) is 24.2 Å². The summed E-state index contributed by atoms with van der Waals surface area (Å²) >= 11 is 0. The standard InChI is InChI=1S/C15H27N3O3/c1-4-5-6-7-11-8-12(18-17-11)9-16-14(21)13(20)15(2,3)10-19/h8,13,19-20H,4-7,9-10H2,1-3H3,(H,16,21)(H,17,18)/t13-/m0/s1. The summed E-state index contributed by atoms with van der Waals surface area (Å²) < 4.78 is 0. The molecule has 1 aromatic rings. The number of nitrogens with one attached hydrogen (secondary N) is 2. The number of aromatic amines is 1. The quantitative estimate of drug-likeness (QED) is 0.514. The van der Waals surface area contributed by atoms with Crippen LogP contribution in [0.3, 0.4) is 0 Å². The van der Waals surface area contributed by atoms with Crippen LogP contribution >= 0.6 is 0 Å². The van der Waals surface area contributed by atoms with E-state index < -0.39 is 17.4 Å². The minimum Gasteiger partial charge on any atom is -0.396 e. The Kier molecular flexibility index (Phi) is 6.84. The van der Waals surface area contributed by atoms with Crippen molar-refractivity contribution in [3.05, 3.63) is 17.5 Å². The Balaban J connectivity index is 2.43. The molecule has 1 heterocycles. The van der Waals surface area contributed by atoms with Crippen LogP contribution in [0.15, 0.2) is 6.07 Å². The van der Waals surface area contributed by atoms with Gasteiger partial charge in [-0.3, -0.25) is 9.89 Å². The Morgan fingerprint density at radius 1 is 1.48 bits per heavy atom. The van der Waals surface area contributed by atoms with Crippen LogP contribution < -0.4 is 5.32 Å². The number of aliphatic hydroxyl groups excluding tert-OH is 2. The lowest BCUT2D eigenvalue weighted by Crippen LogP contribution is -2.45. The summed E-state index contributed by atoms with van der Waals surface area (Å²) in [7, 11) is 0. The van der Waals surface area contributed by atoms with Gasteiger partial charge in [0.15, 0.2) is 0 Å². The number of hydrogen-bond acceptors (Lipinski definition) is 4. The van der Waals surface area contributed by atoms with Crippen molar-refractivity contribution >= 4 is 5.91 Å². The lowest BCUT2D eigenvalue weighted by Gasteiger charge is -2.26. The first-order valence-electron chi connectivity index (χ1n) is 7.50. The van der Waals surface area contributed by atoms with E-state index in [1.807, 2.05) is 6.07 Å². The van der Waals surface area contributed by atoms with Crippen LogP contribution in [0.1, 0.15) is 51.4 Å². The number of H-pyrrole nitrogens is 1. The van der Waals surface area contributed by atoms with Crippen LogP contribution in [0.4, 0.5) is 0 Å². The first-order valence-corrected chi connectivity index (χ1v) is 7.50. The highest BCUT2D eigenvalue weighted by Gasteiger charge is 2.32. The van der Waals surface area contributed by atoms with Crippen molar-refractivity contribution in [2.24, 2.45) is 5.41 Å². The third kappa shape index (κ3) is 5.47. The highest BCUT2D eigenvalue weighted by atomic mass is 16.3. The Bertz CT molecular complexity index is 443. The van der Waals surface area contributed by atoms with Gasteiger partial charge >= 0.3 is 0 Å². The van der Waals surface area contributed by atoms with Crippen molar-refractivity contribution in [3.63, 3.8) is 0 Å². The van der Waals surface area contributed by atoms with Gasteiger partial charge in [0.25, 0.3) is 0 Å². The number of hydrogen-bond donors (Lipinski definition) is 4. The normalized spacial score (nSPS) is 13.2. The summed E-state index contributed by atoms with van der Waals surface area (Å²) in [5.41, 5.74) is 0.941. The number of nitrogens with zero attached hydrogens (tertiary/aromatic N) is 1. The van der Waals surface area contributed by atoms with Gasteiger partial charge in [-0.05, 0) is 18.9 Å². The molecule has 6 heteroatoms. The van der Waals surface area contributed by atoms with Crippen molar-refractivity contribution in [1.82, 2.24) is 15.5 Å². The Hall–Kier alpha value is -1.40. The number of unbranched alkanes of at least 4 members (excludes halogenated alkanes) is 2. The molecule has 0 aromatic carbocycles. The van der Waals surface area contributed by atoms with Gasteiger partial charge in [0, 0.05) is 5.41 Å². The van der Waals surface area contributed by atoms with Gasteiger partial charge in [-0.2, -0.15) is 5.10 Å². The zero-order chi connectivity index (χ0) is 15.9. The lowest BCUT2D eigenvalue weighted by atomic mass is 9.87. The van der Waals surface area contributed by atoms with E-state index in [1.165, 1.54) is 12.8 Å². The van der Waals surface area contributed by atoms with E-state index in [1.54, 1.807) is 13.8 Å². The molecule has 0 aliphatic heterocycles. The molecule has 21 heavy (non-hydrogen) atoms. The third-order valence-corrected chi connectivity index (χ3v) is 3.57. The molecule has 1 aromatic heterocycles.